The summed E-state index contributed by atoms with van der Waals surface area (Å²) in [5.41, 5.74) is 5.73. The van der Waals surface area contributed by atoms with Crippen molar-refractivity contribution < 1.29 is 13.5 Å². The summed E-state index contributed by atoms with van der Waals surface area (Å²) in [5, 5.41) is 0. The van der Waals surface area contributed by atoms with Gasteiger partial charge in [-0.1, -0.05) is 25.7 Å². The quantitative estimate of drug-likeness (QED) is 0.646. The Bertz CT molecular complexity index is 437. The first kappa shape index (κ1) is 16.0. The van der Waals surface area contributed by atoms with Crippen LogP contribution in [-0.4, -0.2) is 34.6 Å². The zero-order valence-electron chi connectivity index (χ0n) is 12.1. The van der Waals surface area contributed by atoms with Gasteiger partial charge in [0.05, 0.1) is 6.61 Å². The van der Waals surface area contributed by atoms with E-state index < -0.39 is 13.0 Å². The van der Waals surface area contributed by atoms with Gasteiger partial charge in [0.15, 0.2) is 0 Å². The Morgan fingerprint density at radius 3 is 2.48 bits per heavy atom. The third-order valence-electron chi connectivity index (χ3n) is 3.65. The molecule has 0 aliphatic heterocycles. The van der Waals surface area contributed by atoms with Gasteiger partial charge in [-0.25, -0.2) is 13.8 Å². The van der Waals surface area contributed by atoms with Gasteiger partial charge in [0.2, 0.25) is 5.95 Å². The maximum absolute atomic E-state index is 12.0. The van der Waals surface area contributed by atoms with Crippen molar-refractivity contribution in [3.63, 3.8) is 0 Å². The highest BCUT2D eigenvalue weighted by Gasteiger charge is 2.18. The lowest BCUT2D eigenvalue weighted by molar-refractivity contribution is 0.0182. The lowest BCUT2D eigenvalue weighted by atomic mass is 9.99. The van der Waals surface area contributed by atoms with Gasteiger partial charge < -0.3 is 10.5 Å². The summed E-state index contributed by atoms with van der Waals surface area (Å²) in [7, 11) is 0. The molecule has 2 rings (SSSR count). The second-order valence-electron chi connectivity index (χ2n) is 5.37. The number of alkyl halides is 2. The molecule has 0 atom stereocenters. The van der Waals surface area contributed by atoms with Crippen LogP contribution in [0.15, 0.2) is 0 Å². The lowest BCUT2D eigenvalue weighted by Crippen LogP contribution is -2.13. The molecule has 1 aromatic heterocycles. The van der Waals surface area contributed by atoms with Gasteiger partial charge in [-0.05, 0) is 12.8 Å². The number of hydrogen-bond acceptors (Lipinski definition) is 5. The van der Waals surface area contributed by atoms with E-state index in [0.717, 1.165) is 18.7 Å². The van der Waals surface area contributed by atoms with Crippen LogP contribution in [0, 0.1) is 0 Å². The van der Waals surface area contributed by atoms with E-state index in [1.54, 1.807) is 0 Å². The van der Waals surface area contributed by atoms with Crippen molar-refractivity contribution in [2.75, 3.05) is 18.9 Å². The number of rotatable bonds is 6. The van der Waals surface area contributed by atoms with Gasteiger partial charge >= 0.3 is 0 Å². The lowest BCUT2D eigenvalue weighted by Gasteiger charge is -2.13. The van der Waals surface area contributed by atoms with Crippen molar-refractivity contribution in [1.29, 1.82) is 0 Å². The predicted octanol–water partition coefficient (Wildman–Crippen LogP) is 2.72. The molecule has 21 heavy (non-hydrogen) atoms. The Labute approximate surface area is 123 Å². The second-order valence-corrected chi connectivity index (χ2v) is 5.37. The fourth-order valence-electron chi connectivity index (χ4n) is 2.62. The maximum atomic E-state index is 12.0. The Hall–Kier alpha value is -1.37. The van der Waals surface area contributed by atoms with Crippen molar-refractivity contribution in [2.24, 2.45) is 0 Å². The van der Waals surface area contributed by atoms with Gasteiger partial charge in [0.25, 0.3) is 6.43 Å². The van der Waals surface area contributed by atoms with Crippen LogP contribution in [0.4, 0.5) is 14.7 Å². The van der Waals surface area contributed by atoms with Gasteiger partial charge in [-0.2, -0.15) is 9.97 Å². The first-order valence-electron chi connectivity index (χ1n) is 7.51. The summed E-state index contributed by atoms with van der Waals surface area (Å²) in [5.74, 6) is 1.80. The molecule has 7 heteroatoms. The van der Waals surface area contributed by atoms with E-state index >= 15 is 0 Å². The Morgan fingerprint density at radius 1 is 1.10 bits per heavy atom. The van der Waals surface area contributed by atoms with Gasteiger partial charge in [0, 0.05) is 12.3 Å². The van der Waals surface area contributed by atoms with Crippen molar-refractivity contribution in [3.05, 3.63) is 11.6 Å². The first-order valence-corrected chi connectivity index (χ1v) is 7.51. The van der Waals surface area contributed by atoms with E-state index in [1.165, 1.54) is 25.7 Å². The zero-order chi connectivity index (χ0) is 15.1. The minimum absolute atomic E-state index is 0.165. The van der Waals surface area contributed by atoms with Crippen molar-refractivity contribution in [3.8, 4) is 0 Å². The van der Waals surface area contributed by atoms with Crippen LogP contribution < -0.4 is 5.73 Å². The van der Waals surface area contributed by atoms with Crippen LogP contribution >= 0.6 is 0 Å². The van der Waals surface area contributed by atoms with E-state index in [1.807, 2.05) is 0 Å². The highest BCUT2D eigenvalue weighted by molar-refractivity contribution is 5.17. The van der Waals surface area contributed by atoms with E-state index in [0.29, 0.717) is 18.2 Å². The van der Waals surface area contributed by atoms with Gasteiger partial charge in [-0.15, -0.1) is 0 Å². The minimum Gasteiger partial charge on any atom is -0.375 e. The molecule has 1 heterocycles. The Kier molecular flexibility index (Phi) is 6.22. The number of nitrogens with two attached hydrogens (primary N) is 1. The number of aromatic nitrogens is 3. The molecular formula is C14H22F2N4O. The highest BCUT2D eigenvalue weighted by Crippen LogP contribution is 2.29. The fraction of sp³-hybridized carbons (Fsp3) is 0.786. The third kappa shape index (κ3) is 5.49. The number of nitrogens with zero attached hydrogens (tertiary/aromatic N) is 3. The van der Waals surface area contributed by atoms with E-state index in [4.69, 9.17) is 10.5 Å². The van der Waals surface area contributed by atoms with Crippen LogP contribution in [0.25, 0.3) is 0 Å². The number of halogens is 2. The summed E-state index contributed by atoms with van der Waals surface area (Å²) in [6.07, 6.45) is 4.95. The monoisotopic (exact) mass is 300 g/mol. The summed E-state index contributed by atoms with van der Waals surface area (Å²) >= 11 is 0. The number of nitrogen functional groups attached to an aromatic ring is 1. The molecule has 0 radical (unpaired) electrons. The summed E-state index contributed by atoms with van der Waals surface area (Å²) < 4.78 is 28.8. The standard InChI is InChI=1S/C14H22F2N4O/c15-11(16)9-21-8-7-12-18-13(20-14(17)19-12)10-5-3-1-2-4-6-10/h10-11H,1-9H2,(H2,17,18,19,20). The minimum atomic E-state index is -2.45. The summed E-state index contributed by atoms with van der Waals surface area (Å²) in [6.45, 7) is -0.395. The summed E-state index contributed by atoms with van der Waals surface area (Å²) in [6, 6.07) is 0. The zero-order valence-corrected chi connectivity index (χ0v) is 12.1. The molecule has 0 amide bonds. The van der Waals surface area contributed by atoms with Crippen molar-refractivity contribution in [2.45, 2.75) is 57.3 Å². The van der Waals surface area contributed by atoms with Crippen molar-refractivity contribution >= 4 is 5.95 Å². The third-order valence-corrected chi connectivity index (χ3v) is 3.65. The Morgan fingerprint density at radius 2 is 1.81 bits per heavy atom. The molecule has 5 nitrogen and oxygen atoms in total. The molecule has 0 unspecified atom stereocenters. The van der Waals surface area contributed by atoms with Crippen LogP contribution in [0.3, 0.4) is 0 Å². The number of ether oxygens (including phenoxy) is 1. The largest absolute Gasteiger partial charge is 0.375 e. The maximum Gasteiger partial charge on any atom is 0.261 e. The molecule has 1 aliphatic carbocycles. The highest BCUT2D eigenvalue weighted by atomic mass is 19.3. The van der Waals surface area contributed by atoms with E-state index in [-0.39, 0.29) is 12.6 Å². The van der Waals surface area contributed by atoms with Gasteiger partial charge in [0.1, 0.15) is 18.3 Å². The molecule has 0 bridgehead atoms. The molecular weight excluding hydrogens is 278 g/mol. The predicted molar refractivity (Wildman–Crippen MR) is 75.2 cm³/mol. The molecule has 2 N–H and O–H groups in total. The van der Waals surface area contributed by atoms with Crippen LogP contribution in [0.2, 0.25) is 0 Å². The fourth-order valence-corrected chi connectivity index (χ4v) is 2.62. The number of hydrogen-bond donors (Lipinski definition) is 1. The SMILES string of the molecule is Nc1nc(CCOCC(F)F)nc(C2CCCCCC2)n1. The topological polar surface area (TPSA) is 73.9 Å². The molecule has 0 aromatic carbocycles. The van der Waals surface area contributed by atoms with Crippen LogP contribution in [-0.2, 0) is 11.2 Å². The van der Waals surface area contributed by atoms with Crippen LogP contribution in [0.5, 0.6) is 0 Å². The normalized spacial score (nSPS) is 17.1. The molecule has 1 fully saturated rings. The molecule has 0 saturated heterocycles. The average molecular weight is 300 g/mol. The van der Waals surface area contributed by atoms with Gasteiger partial charge in [-0.3, -0.25) is 0 Å². The second kappa shape index (κ2) is 8.17. The molecule has 1 aromatic rings. The summed E-state index contributed by atoms with van der Waals surface area (Å²) in [4.78, 5) is 12.8. The van der Waals surface area contributed by atoms with E-state index in [2.05, 4.69) is 15.0 Å². The number of anilines is 1. The Balaban J connectivity index is 1.95. The van der Waals surface area contributed by atoms with Crippen LogP contribution in [0.1, 0.15) is 56.1 Å². The molecule has 1 saturated carbocycles. The molecule has 0 spiro atoms. The van der Waals surface area contributed by atoms with E-state index in [9.17, 15) is 8.78 Å². The average Bonchev–Trinajstić information content (AvgIpc) is 2.72. The molecule has 118 valence electrons. The first-order chi connectivity index (χ1) is 10.1. The van der Waals surface area contributed by atoms with Crippen molar-refractivity contribution in [1.82, 2.24) is 15.0 Å². The molecule has 1 aliphatic rings. The smallest absolute Gasteiger partial charge is 0.261 e.